The number of hydrogen-bond acceptors (Lipinski definition) is 4. The minimum Gasteiger partial charge on any atom is -0.507 e. The fraction of sp³-hybridized carbons (Fsp3) is 0.176. The van der Waals surface area contributed by atoms with Crippen LogP contribution in [0.5, 0.6) is 5.75 Å². The maximum absolute atomic E-state index is 13.5. The smallest absolute Gasteiger partial charge is 0.438 e. The molecule has 3 rings (SSSR count). The average molecular weight is 385 g/mol. The second-order valence-corrected chi connectivity index (χ2v) is 6.12. The van der Waals surface area contributed by atoms with E-state index in [2.05, 4.69) is 5.10 Å². The van der Waals surface area contributed by atoms with E-state index in [1.807, 2.05) is 0 Å². The number of aliphatic hydroxyl groups is 1. The van der Waals surface area contributed by atoms with Crippen LogP contribution < -0.4 is 0 Å². The second kappa shape index (κ2) is 6.30. The number of nitrogens with zero attached hydrogens (tertiary/aromatic N) is 2. The molecule has 1 aliphatic heterocycles. The van der Waals surface area contributed by atoms with Crippen LogP contribution >= 0.6 is 11.6 Å². The van der Waals surface area contributed by atoms with E-state index >= 15 is 0 Å². The minimum atomic E-state index is -5.16. The Morgan fingerprint density at radius 2 is 1.77 bits per heavy atom. The van der Waals surface area contributed by atoms with E-state index in [0.29, 0.717) is 5.02 Å². The molecule has 2 N–H and O–H groups in total. The molecule has 0 fully saturated rings. The largest absolute Gasteiger partial charge is 0.507 e. The third kappa shape index (κ3) is 3.02. The van der Waals surface area contributed by atoms with Crippen LogP contribution in [-0.2, 0) is 0 Å². The molecule has 2 aromatic rings. The maximum Gasteiger partial charge on any atom is 0.438 e. The minimum absolute atomic E-state index is 0.0357. The molecule has 1 aliphatic rings. The quantitative estimate of drug-likeness (QED) is 0.831. The number of rotatable bonds is 2. The molecule has 0 saturated carbocycles. The third-order valence-electron chi connectivity index (χ3n) is 3.94. The van der Waals surface area contributed by atoms with E-state index in [1.54, 1.807) is 0 Å². The molecule has 1 heterocycles. The van der Waals surface area contributed by atoms with Gasteiger partial charge in [0.15, 0.2) is 0 Å². The van der Waals surface area contributed by atoms with Gasteiger partial charge < -0.3 is 10.2 Å². The van der Waals surface area contributed by atoms with Crippen molar-refractivity contribution < 1.29 is 28.2 Å². The first-order chi connectivity index (χ1) is 12.1. The van der Waals surface area contributed by atoms with E-state index in [-0.39, 0.29) is 16.3 Å². The lowest BCUT2D eigenvalue weighted by molar-refractivity contribution is -0.297. The summed E-state index contributed by atoms with van der Waals surface area (Å²) in [7, 11) is 0. The molecule has 26 heavy (non-hydrogen) atoms. The van der Waals surface area contributed by atoms with Gasteiger partial charge in [-0.1, -0.05) is 35.9 Å². The third-order valence-corrected chi connectivity index (χ3v) is 4.20. The molecule has 0 saturated heterocycles. The van der Waals surface area contributed by atoms with Crippen LogP contribution in [0.1, 0.15) is 22.3 Å². The zero-order chi connectivity index (χ0) is 19.1. The molecule has 0 radical (unpaired) electrons. The monoisotopic (exact) mass is 384 g/mol. The molecule has 0 aromatic heterocycles. The van der Waals surface area contributed by atoms with Gasteiger partial charge in [-0.05, 0) is 29.8 Å². The molecule has 2 aromatic carbocycles. The summed E-state index contributed by atoms with van der Waals surface area (Å²) in [6.45, 7) is 0. The molecular weight excluding hydrogens is 373 g/mol. The van der Waals surface area contributed by atoms with Gasteiger partial charge in [0.05, 0.1) is 17.7 Å². The van der Waals surface area contributed by atoms with Crippen LogP contribution in [0.25, 0.3) is 0 Å². The number of phenols is 1. The van der Waals surface area contributed by atoms with Gasteiger partial charge >= 0.3 is 6.18 Å². The Bertz CT molecular complexity index is 884. The van der Waals surface area contributed by atoms with Crippen molar-refractivity contribution >= 4 is 23.2 Å². The number of alkyl halides is 3. The van der Waals surface area contributed by atoms with Crippen LogP contribution in [0.3, 0.4) is 0 Å². The van der Waals surface area contributed by atoms with Gasteiger partial charge in [-0.2, -0.15) is 23.3 Å². The van der Waals surface area contributed by atoms with Crippen molar-refractivity contribution in [3.8, 4) is 5.75 Å². The zero-order valence-electron chi connectivity index (χ0n) is 13.0. The number of aromatic hydroxyl groups is 1. The molecule has 5 nitrogen and oxygen atoms in total. The highest BCUT2D eigenvalue weighted by Crippen LogP contribution is 2.42. The predicted molar refractivity (Wildman–Crippen MR) is 87.9 cm³/mol. The Morgan fingerprint density at radius 1 is 1.15 bits per heavy atom. The summed E-state index contributed by atoms with van der Waals surface area (Å²) < 4.78 is 40.6. The summed E-state index contributed by atoms with van der Waals surface area (Å²) in [6.07, 6.45) is -6.11. The van der Waals surface area contributed by atoms with Gasteiger partial charge in [-0.3, -0.25) is 4.79 Å². The summed E-state index contributed by atoms with van der Waals surface area (Å²) in [5.41, 5.74) is -3.78. The molecule has 0 aliphatic carbocycles. The summed E-state index contributed by atoms with van der Waals surface area (Å²) in [5, 5.41) is 24.0. The van der Waals surface area contributed by atoms with Gasteiger partial charge in [0.2, 0.25) is 0 Å². The summed E-state index contributed by atoms with van der Waals surface area (Å²) in [6, 6.07) is 10.9. The average Bonchev–Trinajstić information content (AvgIpc) is 2.94. The Balaban J connectivity index is 2.07. The number of benzene rings is 2. The van der Waals surface area contributed by atoms with Crippen molar-refractivity contribution in [2.75, 3.05) is 0 Å². The van der Waals surface area contributed by atoms with Gasteiger partial charge in [-0.15, -0.1) is 0 Å². The Labute approximate surface area is 150 Å². The van der Waals surface area contributed by atoms with E-state index in [4.69, 9.17) is 11.6 Å². The van der Waals surface area contributed by atoms with Crippen molar-refractivity contribution in [3.05, 3.63) is 64.7 Å². The van der Waals surface area contributed by atoms with Crippen molar-refractivity contribution in [1.82, 2.24) is 5.01 Å². The Hall–Kier alpha value is -2.58. The van der Waals surface area contributed by atoms with Crippen molar-refractivity contribution in [2.24, 2.45) is 5.10 Å². The number of amides is 1. The number of carbonyl (C=O) groups excluding carboxylic acids is 1. The SMILES string of the molecule is O=C(c1ccccc1O)N1N=C(c2ccc(Cl)cc2)CC1(O)C(F)(F)F. The molecule has 0 bridgehead atoms. The highest BCUT2D eigenvalue weighted by Gasteiger charge is 2.63. The van der Waals surface area contributed by atoms with Crippen LogP contribution in [0.4, 0.5) is 13.2 Å². The van der Waals surface area contributed by atoms with Gasteiger partial charge in [0, 0.05) is 5.02 Å². The first kappa shape index (κ1) is 18.2. The number of phenolic OH excluding ortho intramolecular Hbond substituents is 1. The lowest BCUT2D eigenvalue weighted by Gasteiger charge is -2.32. The predicted octanol–water partition coefficient (Wildman–Crippen LogP) is 3.55. The molecule has 1 unspecified atom stereocenters. The normalized spacial score (nSPS) is 20.2. The highest BCUT2D eigenvalue weighted by molar-refractivity contribution is 6.30. The first-order valence-corrected chi connectivity index (χ1v) is 7.76. The number of hydrazone groups is 1. The molecule has 9 heteroatoms. The standard InChI is InChI=1S/C17H12ClF3N2O3/c18-11-7-5-10(6-8-11)13-9-16(26,17(19,20)21)23(22-13)15(25)12-3-1-2-4-14(12)24/h1-8,24,26H,9H2. The molecule has 136 valence electrons. The van der Waals surface area contributed by atoms with E-state index in [1.165, 1.54) is 36.4 Å². The van der Waals surface area contributed by atoms with Gasteiger partial charge in [0.25, 0.3) is 11.6 Å². The lowest BCUT2D eigenvalue weighted by Crippen LogP contribution is -2.56. The van der Waals surface area contributed by atoms with Crippen LogP contribution in [0.2, 0.25) is 5.02 Å². The summed E-state index contributed by atoms with van der Waals surface area (Å²) in [5.74, 6) is -1.79. The summed E-state index contributed by atoms with van der Waals surface area (Å²) >= 11 is 5.76. The van der Waals surface area contributed by atoms with E-state index in [9.17, 15) is 28.2 Å². The fourth-order valence-corrected chi connectivity index (χ4v) is 2.68. The first-order valence-electron chi connectivity index (χ1n) is 7.38. The van der Waals surface area contributed by atoms with Crippen LogP contribution in [0.15, 0.2) is 53.6 Å². The number of para-hydroxylation sites is 1. The van der Waals surface area contributed by atoms with Crippen LogP contribution in [0, 0.1) is 0 Å². The molecule has 0 spiro atoms. The van der Waals surface area contributed by atoms with E-state index < -0.39 is 35.5 Å². The Kier molecular flexibility index (Phi) is 4.41. The van der Waals surface area contributed by atoms with Crippen LogP contribution in [-0.4, -0.2) is 38.7 Å². The van der Waals surface area contributed by atoms with E-state index in [0.717, 1.165) is 12.1 Å². The van der Waals surface area contributed by atoms with Crippen molar-refractivity contribution in [1.29, 1.82) is 0 Å². The van der Waals surface area contributed by atoms with Gasteiger partial charge in [0.1, 0.15) is 5.75 Å². The summed E-state index contributed by atoms with van der Waals surface area (Å²) in [4.78, 5) is 12.5. The zero-order valence-corrected chi connectivity index (χ0v) is 13.8. The number of hydrogen-bond donors (Lipinski definition) is 2. The Morgan fingerprint density at radius 3 is 2.35 bits per heavy atom. The number of carbonyl (C=O) groups is 1. The highest BCUT2D eigenvalue weighted by atomic mass is 35.5. The molecular formula is C17H12ClF3N2O3. The fourth-order valence-electron chi connectivity index (χ4n) is 2.55. The van der Waals surface area contributed by atoms with Crippen molar-refractivity contribution in [3.63, 3.8) is 0 Å². The topological polar surface area (TPSA) is 73.1 Å². The number of halogens is 4. The molecule has 1 atom stereocenters. The second-order valence-electron chi connectivity index (χ2n) is 5.68. The molecule has 1 amide bonds. The lowest BCUT2D eigenvalue weighted by atomic mass is 10.0. The maximum atomic E-state index is 13.5. The van der Waals surface area contributed by atoms with Gasteiger partial charge in [-0.25, -0.2) is 0 Å². The van der Waals surface area contributed by atoms with Crippen molar-refractivity contribution in [2.45, 2.75) is 18.3 Å².